The largest absolute Gasteiger partial charge is 4.00 e. The van der Waals surface area contributed by atoms with E-state index in [4.69, 9.17) is 0 Å². The Morgan fingerprint density at radius 3 is 0.125 bits per heavy atom. The first kappa shape index (κ1) is 69.7. The average Bonchev–Trinajstić information content (AvgIpc) is 0. The van der Waals surface area contributed by atoms with Crippen molar-refractivity contribution in [2.45, 2.75) is 0 Å². The van der Waals surface area contributed by atoms with Crippen LogP contribution >= 0.6 is 0 Å². The maximum atomic E-state index is 0. The fourth-order valence-electron chi connectivity index (χ4n) is 0. The summed E-state index contributed by atoms with van der Waals surface area (Å²) in [6, 6.07) is 0. The Morgan fingerprint density at radius 2 is 0.125 bits per heavy atom. The molecule has 0 saturated heterocycles. The number of rotatable bonds is 0. The van der Waals surface area contributed by atoms with Crippen LogP contribution in [0, 0.1) is 0 Å². The molecule has 0 amide bonds. The van der Waals surface area contributed by atoms with Crippen molar-refractivity contribution in [1.29, 1.82) is 0 Å². The summed E-state index contributed by atoms with van der Waals surface area (Å²) >= 11 is 0. The van der Waals surface area contributed by atoms with Crippen LogP contribution in [-0.2, 0) is 169 Å². The molecule has 0 fully saturated rings. The van der Waals surface area contributed by atoms with E-state index < -0.39 is 0 Å². The van der Waals surface area contributed by atoms with Gasteiger partial charge < -0.3 is 0 Å². The molecule has 0 nitrogen and oxygen atoms in total. The van der Waals surface area contributed by atoms with Crippen LogP contribution in [0.15, 0.2) is 0 Å². The molecule has 8 heteroatoms. The molecule has 48 valence electrons. The van der Waals surface area contributed by atoms with Gasteiger partial charge in [-0.15, -0.1) is 0 Å². The zero-order valence-electron chi connectivity index (χ0n) is 2.53. The Hall–Kier alpha value is 5.51. The minimum Gasteiger partial charge on any atom is 4.00 e. The van der Waals surface area contributed by atoms with Crippen molar-refractivity contribution in [1.82, 2.24) is 0 Å². The molecule has 0 spiro atoms. The van der Waals surface area contributed by atoms with Crippen LogP contribution in [0.2, 0.25) is 0 Å². The third kappa shape index (κ3) is 41.9. The minimum absolute atomic E-state index is 0. The first-order valence-corrected chi connectivity index (χ1v) is 0. The zero-order chi connectivity index (χ0) is 0. The van der Waals surface area contributed by atoms with Crippen molar-refractivity contribution in [2.24, 2.45) is 0 Å². The monoisotopic (exact) mass is 1560 g/mol. The van der Waals surface area contributed by atoms with Crippen molar-refractivity contribution in [3.05, 3.63) is 0 Å². The van der Waals surface area contributed by atoms with Gasteiger partial charge in [0.1, 0.15) is 0 Å². The van der Waals surface area contributed by atoms with E-state index in [0.717, 1.165) is 0 Å². The second-order valence-electron chi connectivity index (χ2n) is 0. The Bertz CT molecular complexity index is 0. The van der Waals surface area contributed by atoms with Gasteiger partial charge in [0, 0.05) is 0 Å². The fraction of sp³-hybridized carbons (Fsp3) is 0. The first-order valence-electron chi connectivity index (χ1n) is 0. The van der Waals surface area contributed by atoms with E-state index in [1.165, 1.54) is 0 Å². The predicted molar refractivity (Wildman–Crippen MR) is 0 cm³/mol. The van der Waals surface area contributed by atoms with Crippen LogP contribution in [0.25, 0.3) is 0 Å². The van der Waals surface area contributed by atoms with Gasteiger partial charge in [-0.1, -0.05) is 0 Å². The van der Waals surface area contributed by atoms with Crippen LogP contribution < -0.4 is 0 Å². The van der Waals surface area contributed by atoms with Gasteiger partial charge in [-0.25, -0.2) is 0 Å². The summed E-state index contributed by atoms with van der Waals surface area (Å²) < 4.78 is 0. The molecule has 0 bridgehead atoms. The standard InChI is InChI=1S/8Pt/q8*+4. The fourth-order valence-corrected chi connectivity index (χ4v) is 0. The molecular weight excluding hydrogens is 1560 g/mol. The quantitative estimate of drug-likeness (QED) is 0.321. The Morgan fingerprint density at radius 1 is 0.125 bits per heavy atom. The van der Waals surface area contributed by atoms with E-state index in [1.54, 1.807) is 0 Å². The molecule has 0 N–H and O–H groups in total. The van der Waals surface area contributed by atoms with Crippen molar-refractivity contribution in [2.75, 3.05) is 0 Å². The summed E-state index contributed by atoms with van der Waals surface area (Å²) in [6.45, 7) is 0. The predicted octanol–water partition coefficient (Wildman–Crippen LogP) is -0.0200. The molecule has 8 heavy (non-hydrogen) atoms. The van der Waals surface area contributed by atoms with Crippen molar-refractivity contribution < 1.29 is 169 Å². The van der Waals surface area contributed by atoms with E-state index in [0.29, 0.717) is 0 Å². The maximum absolute atomic E-state index is 0. The molecule has 0 heterocycles. The molecule has 0 unspecified atom stereocenters. The van der Waals surface area contributed by atoms with Gasteiger partial charge in [0.05, 0.1) is 0 Å². The maximum Gasteiger partial charge on any atom is 4.00 e. The van der Waals surface area contributed by atoms with Gasteiger partial charge in [0.15, 0.2) is 0 Å². The number of hydrogen-bond acceptors (Lipinski definition) is 0. The van der Waals surface area contributed by atoms with Crippen molar-refractivity contribution in [3.63, 3.8) is 0 Å². The van der Waals surface area contributed by atoms with Crippen LogP contribution in [0.5, 0.6) is 0 Å². The zero-order valence-corrected chi connectivity index (χ0v) is 20.7. The summed E-state index contributed by atoms with van der Waals surface area (Å²) in [5, 5.41) is 0. The van der Waals surface area contributed by atoms with Crippen molar-refractivity contribution in [3.8, 4) is 0 Å². The molecule has 0 aromatic rings. The summed E-state index contributed by atoms with van der Waals surface area (Å²) in [7, 11) is 0. The Balaban J connectivity index is 0. The van der Waals surface area contributed by atoms with E-state index in [1.807, 2.05) is 0 Å². The van der Waals surface area contributed by atoms with Crippen LogP contribution in [0.4, 0.5) is 0 Å². The molecule has 0 radical (unpaired) electrons. The van der Waals surface area contributed by atoms with E-state index in [2.05, 4.69) is 0 Å². The van der Waals surface area contributed by atoms with Crippen LogP contribution in [-0.4, -0.2) is 0 Å². The van der Waals surface area contributed by atoms with Crippen LogP contribution in [0.3, 0.4) is 0 Å². The summed E-state index contributed by atoms with van der Waals surface area (Å²) in [4.78, 5) is 0. The normalized spacial score (nSPS) is 0. The third-order valence-corrected chi connectivity index (χ3v) is 0. The Labute approximate surface area is 164 Å². The van der Waals surface area contributed by atoms with E-state index in [9.17, 15) is 0 Å². The van der Waals surface area contributed by atoms with Gasteiger partial charge in [0.25, 0.3) is 0 Å². The summed E-state index contributed by atoms with van der Waals surface area (Å²) in [5.41, 5.74) is 0. The molecule has 0 rings (SSSR count). The molecule has 0 aliphatic carbocycles. The van der Waals surface area contributed by atoms with Gasteiger partial charge >= 0.3 is 169 Å². The van der Waals surface area contributed by atoms with E-state index in [-0.39, 0.29) is 169 Å². The molecule has 0 aromatic heterocycles. The summed E-state index contributed by atoms with van der Waals surface area (Å²) in [6.07, 6.45) is 0. The van der Waals surface area contributed by atoms with E-state index >= 15 is 0 Å². The van der Waals surface area contributed by atoms with Gasteiger partial charge in [-0.05, 0) is 0 Å². The average molecular weight is 1560 g/mol. The molecule has 0 aliphatic rings. The summed E-state index contributed by atoms with van der Waals surface area (Å²) in [5.74, 6) is 0. The van der Waals surface area contributed by atoms with Gasteiger partial charge in [0.2, 0.25) is 0 Å². The van der Waals surface area contributed by atoms with Crippen LogP contribution in [0.1, 0.15) is 0 Å². The molecule has 0 aromatic carbocycles. The van der Waals surface area contributed by atoms with Gasteiger partial charge in [-0.2, -0.15) is 0 Å². The molecular formula is Pt8+32. The van der Waals surface area contributed by atoms with Gasteiger partial charge in [-0.3, -0.25) is 0 Å². The minimum atomic E-state index is 0. The molecule has 0 aliphatic heterocycles. The van der Waals surface area contributed by atoms with Crippen molar-refractivity contribution >= 4 is 0 Å². The first-order chi connectivity index (χ1) is 0. The second kappa shape index (κ2) is 54.6. The number of hydrogen-bond donors (Lipinski definition) is 0. The third-order valence-electron chi connectivity index (χ3n) is 0. The molecule has 0 saturated carbocycles. The Kier molecular flexibility index (Phi) is 476. The second-order valence-corrected chi connectivity index (χ2v) is 0. The SMILES string of the molecule is [Pt+4].[Pt+4].[Pt+4].[Pt+4].[Pt+4].[Pt+4].[Pt+4].[Pt+4]. The smallest absolute Gasteiger partial charge is 4.00 e. The molecule has 0 atom stereocenters. The topological polar surface area (TPSA) is 0 Å².